The van der Waals surface area contributed by atoms with E-state index in [0.29, 0.717) is 0 Å². The average molecular weight is 241 g/mol. The number of nitrogen functional groups attached to an aromatic ring is 1. The highest BCUT2D eigenvalue weighted by Crippen LogP contribution is 2.00. The van der Waals surface area contributed by atoms with E-state index in [1.807, 2.05) is 0 Å². The second kappa shape index (κ2) is 4.92. The number of aromatic amines is 1. The Balaban J connectivity index is 2.85. The largest absolute Gasteiger partial charge is 0.368 e. The zero-order valence-corrected chi connectivity index (χ0v) is 8.71. The fourth-order valence-electron chi connectivity index (χ4n) is 1.10. The normalized spacial score (nSPS) is 9.88. The summed E-state index contributed by atoms with van der Waals surface area (Å²) >= 11 is 0. The number of carbonyl (C=O) groups is 3. The van der Waals surface area contributed by atoms with E-state index < -0.39 is 30.8 Å². The summed E-state index contributed by atoms with van der Waals surface area (Å²) in [5, 5.41) is 5.69. The van der Waals surface area contributed by atoms with Crippen LogP contribution >= 0.6 is 0 Å². The molecule has 0 aliphatic rings. The minimum Gasteiger partial charge on any atom is -0.368 e. The van der Waals surface area contributed by atoms with Crippen LogP contribution in [0.5, 0.6) is 0 Å². The Bertz CT molecular complexity index is 438. The molecule has 92 valence electrons. The predicted octanol–water partition coefficient (Wildman–Crippen LogP) is -3.20. The molecule has 0 fully saturated rings. The number of hydrogen-bond donors (Lipinski definition) is 4. The van der Waals surface area contributed by atoms with E-state index in [2.05, 4.69) is 15.2 Å². The smallest absolute Gasteiger partial charge is 0.292 e. The van der Waals surface area contributed by atoms with Crippen LogP contribution in [0.25, 0.3) is 0 Å². The summed E-state index contributed by atoms with van der Waals surface area (Å²) in [5.41, 5.74) is 15.1. The molecule has 7 N–H and O–H groups in total. The van der Waals surface area contributed by atoms with Gasteiger partial charge in [0.15, 0.2) is 0 Å². The van der Waals surface area contributed by atoms with E-state index in [1.165, 1.54) is 0 Å². The Morgan fingerprint density at radius 1 is 1.18 bits per heavy atom. The van der Waals surface area contributed by atoms with Gasteiger partial charge in [0, 0.05) is 0 Å². The molecule has 17 heavy (non-hydrogen) atoms. The van der Waals surface area contributed by atoms with Crippen molar-refractivity contribution in [3.63, 3.8) is 0 Å². The van der Waals surface area contributed by atoms with Crippen molar-refractivity contribution in [2.45, 2.75) is 0 Å². The van der Waals surface area contributed by atoms with Crippen LogP contribution in [0.2, 0.25) is 0 Å². The molecule has 0 saturated heterocycles. The fourth-order valence-corrected chi connectivity index (χ4v) is 1.10. The lowest BCUT2D eigenvalue weighted by Crippen LogP contribution is -2.43. The maximum absolute atomic E-state index is 11.8. The first-order chi connectivity index (χ1) is 7.90. The van der Waals surface area contributed by atoms with Crippen molar-refractivity contribution < 1.29 is 14.4 Å². The van der Waals surface area contributed by atoms with Crippen molar-refractivity contribution in [2.24, 2.45) is 11.5 Å². The summed E-state index contributed by atoms with van der Waals surface area (Å²) in [6.07, 6.45) is 0. The van der Waals surface area contributed by atoms with Crippen LogP contribution in [0.4, 0.5) is 5.95 Å². The van der Waals surface area contributed by atoms with Crippen molar-refractivity contribution in [3.8, 4) is 0 Å². The molecule has 0 spiro atoms. The molecule has 1 aromatic heterocycles. The third-order valence-corrected chi connectivity index (χ3v) is 1.69. The van der Waals surface area contributed by atoms with Gasteiger partial charge in [-0.1, -0.05) is 0 Å². The van der Waals surface area contributed by atoms with E-state index in [1.54, 1.807) is 0 Å². The van der Waals surface area contributed by atoms with Crippen LogP contribution in [-0.2, 0) is 9.59 Å². The van der Waals surface area contributed by atoms with Gasteiger partial charge in [0.1, 0.15) is 13.1 Å². The third kappa shape index (κ3) is 3.44. The minimum atomic E-state index is -0.785. The van der Waals surface area contributed by atoms with Crippen molar-refractivity contribution in [2.75, 3.05) is 18.8 Å². The Labute approximate surface area is 95.1 Å². The molecule has 0 unspecified atom stereocenters. The number of nitrogens with one attached hydrogen (secondary N) is 1. The van der Waals surface area contributed by atoms with Gasteiger partial charge < -0.3 is 22.1 Å². The van der Waals surface area contributed by atoms with Gasteiger partial charge in [-0.3, -0.25) is 19.5 Å². The summed E-state index contributed by atoms with van der Waals surface area (Å²) < 4.78 is 0. The van der Waals surface area contributed by atoms with Crippen LogP contribution in [0.15, 0.2) is 0 Å². The standard InChI is InChI=1S/C7H11N7O3/c8-3(15)1-14(2-4(9)16)6(17)5-11-7(10)13-12-5/h1-2H2,(H2,8,15)(H2,9,16)(H3,10,11,12,13). The highest BCUT2D eigenvalue weighted by Gasteiger charge is 2.22. The lowest BCUT2D eigenvalue weighted by molar-refractivity contribution is -0.121. The van der Waals surface area contributed by atoms with Crippen molar-refractivity contribution in [1.82, 2.24) is 20.1 Å². The van der Waals surface area contributed by atoms with Crippen molar-refractivity contribution in [3.05, 3.63) is 5.82 Å². The van der Waals surface area contributed by atoms with Crippen LogP contribution in [0.3, 0.4) is 0 Å². The maximum atomic E-state index is 11.8. The Kier molecular flexibility index (Phi) is 3.59. The SMILES string of the molecule is NC(=O)CN(CC(N)=O)C(=O)c1nc(N)n[nH]1. The number of primary amides is 2. The van der Waals surface area contributed by atoms with Gasteiger partial charge in [0.2, 0.25) is 23.6 Å². The number of amides is 3. The highest BCUT2D eigenvalue weighted by atomic mass is 16.2. The topological polar surface area (TPSA) is 174 Å². The summed E-state index contributed by atoms with van der Waals surface area (Å²) in [5.74, 6) is -2.65. The molecule has 3 amide bonds. The van der Waals surface area contributed by atoms with Crippen LogP contribution < -0.4 is 17.2 Å². The third-order valence-electron chi connectivity index (χ3n) is 1.69. The Morgan fingerprint density at radius 2 is 1.71 bits per heavy atom. The number of carbonyl (C=O) groups excluding carboxylic acids is 3. The van der Waals surface area contributed by atoms with Crippen LogP contribution in [-0.4, -0.2) is 50.9 Å². The monoisotopic (exact) mass is 241 g/mol. The van der Waals surface area contributed by atoms with Gasteiger partial charge in [0.05, 0.1) is 0 Å². The van der Waals surface area contributed by atoms with E-state index in [4.69, 9.17) is 17.2 Å². The molecule has 0 aliphatic heterocycles. The number of H-pyrrole nitrogens is 1. The van der Waals surface area contributed by atoms with E-state index in [-0.39, 0.29) is 11.8 Å². The fraction of sp³-hybridized carbons (Fsp3) is 0.286. The Morgan fingerprint density at radius 3 is 2.06 bits per heavy atom. The molecule has 0 atom stereocenters. The van der Waals surface area contributed by atoms with E-state index >= 15 is 0 Å². The molecule has 1 rings (SSSR count). The summed E-state index contributed by atoms with van der Waals surface area (Å²) in [4.78, 5) is 37.6. The van der Waals surface area contributed by atoms with E-state index in [0.717, 1.165) is 4.90 Å². The molecule has 10 nitrogen and oxygen atoms in total. The average Bonchev–Trinajstić information content (AvgIpc) is 2.61. The first-order valence-electron chi connectivity index (χ1n) is 4.44. The number of rotatable bonds is 5. The van der Waals surface area contributed by atoms with Gasteiger partial charge in [-0.25, -0.2) is 0 Å². The molecule has 1 heterocycles. The van der Waals surface area contributed by atoms with Gasteiger partial charge in [-0.05, 0) is 0 Å². The number of aromatic nitrogens is 3. The minimum absolute atomic E-state index is 0.133. The molecular weight excluding hydrogens is 230 g/mol. The van der Waals surface area contributed by atoms with Gasteiger partial charge in [-0.15, -0.1) is 5.10 Å². The molecule has 10 heteroatoms. The molecule has 1 aromatic rings. The zero-order chi connectivity index (χ0) is 13.0. The van der Waals surface area contributed by atoms with Crippen molar-refractivity contribution >= 4 is 23.7 Å². The maximum Gasteiger partial charge on any atom is 0.292 e. The quantitative estimate of drug-likeness (QED) is 0.422. The number of hydrogen-bond acceptors (Lipinski definition) is 6. The summed E-state index contributed by atoms with van der Waals surface area (Å²) in [6.45, 7) is -0.912. The lowest BCUT2D eigenvalue weighted by Gasteiger charge is -2.17. The second-order valence-electron chi connectivity index (χ2n) is 3.14. The molecule has 0 radical (unpaired) electrons. The number of anilines is 1. The molecule has 0 bridgehead atoms. The molecule has 0 aliphatic carbocycles. The summed E-state index contributed by atoms with van der Waals surface area (Å²) in [6, 6.07) is 0. The molecule has 0 saturated carbocycles. The summed E-state index contributed by atoms with van der Waals surface area (Å²) in [7, 11) is 0. The highest BCUT2D eigenvalue weighted by molar-refractivity contribution is 5.95. The number of nitrogens with two attached hydrogens (primary N) is 3. The Hall–Kier alpha value is -2.65. The zero-order valence-electron chi connectivity index (χ0n) is 8.71. The van der Waals surface area contributed by atoms with Crippen molar-refractivity contribution in [1.29, 1.82) is 0 Å². The van der Waals surface area contributed by atoms with Crippen LogP contribution in [0, 0.1) is 0 Å². The number of nitrogens with zero attached hydrogens (tertiary/aromatic N) is 3. The second-order valence-corrected chi connectivity index (χ2v) is 3.14. The first-order valence-corrected chi connectivity index (χ1v) is 4.44. The predicted molar refractivity (Wildman–Crippen MR) is 55.1 cm³/mol. The lowest BCUT2D eigenvalue weighted by atomic mass is 10.4. The van der Waals surface area contributed by atoms with E-state index in [9.17, 15) is 14.4 Å². The first kappa shape index (κ1) is 12.4. The van der Waals surface area contributed by atoms with Crippen LogP contribution in [0.1, 0.15) is 10.6 Å². The molecular formula is C7H11N7O3. The van der Waals surface area contributed by atoms with Gasteiger partial charge in [-0.2, -0.15) is 4.98 Å². The van der Waals surface area contributed by atoms with Gasteiger partial charge >= 0.3 is 0 Å². The van der Waals surface area contributed by atoms with Gasteiger partial charge in [0.25, 0.3) is 5.91 Å². The molecule has 0 aromatic carbocycles.